The Morgan fingerprint density at radius 2 is 1.85 bits per heavy atom. The summed E-state index contributed by atoms with van der Waals surface area (Å²) < 4.78 is 0. The highest BCUT2D eigenvalue weighted by molar-refractivity contribution is 5.81. The van der Waals surface area contributed by atoms with Gasteiger partial charge >= 0.3 is 0 Å². The van der Waals surface area contributed by atoms with Crippen LogP contribution >= 0.6 is 0 Å². The van der Waals surface area contributed by atoms with Crippen LogP contribution in [0.15, 0.2) is 22.1 Å². The normalized spacial score (nSPS) is 12.2. The smallest absolute Gasteiger partial charge is 0.241 e. The quantitative estimate of drug-likeness (QED) is 0.187. The molecule has 0 spiro atoms. The molecule has 0 rings (SSSR count). The zero-order valence-electron chi connectivity index (χ0n) is 17.1. The van der Waals surface area contributed by atoms with Crippen LogP contribution < -0.4 is 10.6 Å². The molecule has 0 aliphatic carbocycles. The summed E-state index contributed by atoms with van der Waals surface area (Å²) in [5.74, 6) is -0.0528. The monoisotopic (exact) mass is 366 g/mol. The molecule has 1 amide bonds. The zero-order chi connectivity index (χ0) is 19.5. The van der Waals surface area contributed by atoms with E-state index in [0.29, 0.717) is 6.54 Å². The summed E-state index contributed by atoms with van der Waals surface area (Å²) in [7, 11) is 4.09. The predicted octanol–water partition coefficient (Wildman–Crippen LogP) is 1.38. The van der Waals surface area contributed by atoms with E-state index in [1.165, 1.54) is 6.34 Å². The zero-order valence-corrected chi connectivity index (χ0v) is 17.1. The second-order valence-corrected chi connectivity index (χ2v) is 6.32. The first-order chi connectivity index (χ1) is 12.6. The fraction of sp³-hybridized carbons (Fsp3) is 0.737. The maximum Gasteiger partial charge on any atom is 0.241 e. The van der Waals surface area contributed by atoms with Gasteiger partial charge in [0.15, 0.2) is 0 Å². The fourth-order valence-electron chi connectivity index (χ4n) is 2.25. The lowest BCUT2D eigenvalue weighted by Gasteiger charge is -2.19. The van der Waals surface area contributed by atoms with E-state index in [1.807, 2.05) is 21.0 Å². The molecule has 2 N–H and O–H groups in total. The van der Waals surface area contributed by atoms with E-state index in [2.05, 4.69) is 49.5 Å². The highest BCUT2D eigenvalue weighted by atomic mass is 16.1. The van der Waals surface area contributed by atoms with E-state index in [-0.39, 0.29) is 12.5 Å². The lowest BCUT2D eigenvalue weighted by molar-refractivity contribution is -0.119. The van der Waals surface area contributed by atoms with Crippen LogP contribution in [0.5, 0.6) is 0 Å². The Morgan fingerprint density at radius 1 is 1.08 bits per heavy atom. The Morgan fingerprint density at radius 3 is 2.54 bits per heavy atom. The van der Waals surface area contributed by atoms with Crippen LogP contribution in [-0.2, 0) is 4.79 Å². The van der Waals surface area contributed by atoms with Gasteiger partial charge in [0, 0.05) is 19.6 Å². The van der Waals surface area contributed by atoms with Crippen LogP contribution in [0.1, 0.15) is 33.1 Å². The van der Waals surface area contributed by atoms with Crippen LogP contribution in [0.2, 0.25) is 0 Å². The maximum atomic E-state index is 11.7. The van der Waals surface area contributed by atoms with Crippen molar-refractivity contribution in [1.82, 2.24) is 20.4 Å². The van der Waals surface area contributed by atoms with Gasteiger partial charge in [-0.15, -0.1) is 0 Å². The summed E-state index contributed by atoms with van der Waals surface area (Å²) in [6.45, 7) is 9.96. The van der Waals surface area contributed by atoms with Crippen LogP contribution in [0.3, 0.4) is 0 Å². The molecule has 0 saturated carbocycles. The van der Waals surface area contributed by atoms with E-state index >= 15 is 0 Å². The molecule has 0 bridgehead atoms. The second kappa shape index (κ2) is 18.1. The Kier molecular flexibility index (Phi) is 16.9. The number of rotatable bonds is 16. The molecular weight excluding hydrogens is 328 g/mol. The minimum Gasteiger partial charge on any atom is -0.354 e. The molecule has 0 aromatic heterocycles. The number of nitrogens with zero attached hydrogens (tertiary/aromatic N) is 4. The van der Waals surface area contributed by atoms with Gasteiger partial charge in [0.1, 0.15) is 6.54 Å². The van der Waals surface area contributed by atoms with Gasteiger partial charge in [0.25, 0.3) is 0 Å². The topological polar surface area (TPSA) is 72.3 Å². The van der Waals surface area contributed by atoms with Gasteiger partial charge < -0.3 is 20.4 Å². The van der Waals surface area contributed by atoms with Crippen LogP contribution in [0, 0.1) is 0 Å². The van der Waals surface area contributed by atoms with Gasteiger partial charge in [-0.1, -0.05) is 19.1 Å². The molecule has 0 aliphatic heterocycles. The summed E-state index contributed by atoms with van der Waals surface area (Å²) in [5.41, 5.74) is 0. The molecule has 150 valence electrons. The first-order valence-electron chi connectivity index (χ1n) is 9.57. The number of carbonyl (C=O) groups is 1. The molecule has 0 radical (unpaired) electrons. The average Bonchev–Trinajstić information content (AvgIpc) is 2.62. The molecule has 0 atom stereocenters. The van der Waals surface area contributed by atoms with Crippen molar-refractivity contribution in [1.29, 1.82) is 0 Å². The van der Waals surface area contributed by atoms with Crippen molar-refractivity contribution in [3.05, 3.63) is 12.2 Å². The molecule has 7 heteroatoms. The number of hydrogen-bond acceptors (Lipinski definition) is 5. The third-order valence-corrected chi connectivity index (χ3v) is 3.73. The lowest BCUT2D eigenvalue weighted by Crippen LogP contribution is -2.31. The molecule has 0 heterocycles. The first kappa shape index (κ1) is 24.3. The highest BCUT2D eigenvalue weighted by Gasteiger charge is 2.02. The van der Waals surface area contributed by atoms with Gasteiger partial charge in [-0.3, -0.25) is 14.8 Å². The molecule has 0 aromatic carbocycles. The summed E-state index contributed by atoms with van der Waals surface area (Å²) in [6.07, 6.45) is 10.5. The SMILES string of the molecule is C/C=C\CCN(CC)CCCNC(=O)CN=CNC=NCCCN(C)C. The van der Waals surface area contributed by atoms with Crippen LogP contribution in [-0.4, -0.2) is 88.3 Å². The summed E-state index contributed by atoms with van der Waals surface area (Å²) in [6, 6.07) is 0. The lowest BCUT2D eigenvalue weighted by atomic mass is 10.3. The molecule has 7 nitrogen and oxygen atoms in total. The molecule has 26 heavy (non-hydrogen) atoms. The number of hydrogen-bond donors (Lipinski definition) is 2. The predicted molar refractivity (Wildman–Crippen MR) is 112 cm³/mol. The molecule has 0 aliphatic rings. The number of amides is 1. The van der Waals surface area contributed by atoms with Crippen molar-refractivity contribution in [2.75, 3.05) is 59.9 Å². The second-order valence-electron chi connectivity index (χ2n) is 6.32. The minimum absolute atomic E-state index is 0.0528. The van der Waals surface area contributed by atoms with Crippen molar-refractivity contribution in [2.45, 2.75) is 33.1 Å². The van der Waals surface area contributed by atoms with E-state index in [1.54, 1.807) is 6.34 Å². The van der Waals surface area contributed by atoms with Gasteiger partial charge in [0.2, 0.25) is 5.91 Å². The van der Waals surface area contributed by atoms with E-state index in [0.717, 1.165) is 52.0 Å². The van der Waals surface area contributed by atoms with Crippen molar-refractivity contribution in [3.63, 3.8) is 0 Å². The largest absolute Gasteiger partial charge is 0.354 e. The summed E-state index contributed by atoms with van der Waals surface area (Å²) >= 11 is 0. The van der Waals surface area contributed by atoms with Crippen LogP contribution in [0.4, 0.5) is 0 Å². The van der Waals surface area contributed by atoms with E-state index in [9.17, 15) is 4.79 Å². The Labute approximate surface area is 159 Å². The Bertz CT molecular complexity index is 420. The summed E-state index contributed by atoms with van der Waals surface area (Å²) in [4.78, 5) is 24.5. The van der Waals surface area contributed by atoms with E-state index < -0.39 is 0 Å². The maximum absolute atomic E-state index is 11.7. The van der Waals surface area contributed by atoms with Crippen LogP contribution in [0.25, 0.3) is 0 Å². The molecule has 0 fully saturated rings. The number of aliphatic imine (C=N–C) groups is 2. The van der Waals surface area contributed by atoms with Crippen molar-refractivity contribution < 1.29 is 4.79 Å². The van der Waals surface area contributed by atoms with Crippen molar-refractivity contribution in [2.24, 2.45) is 9.98 Å². The number of allylic oxidation sites excluding steroid dienone is 1. The minimum atomic E-state index is -0.0528. The summed E-state index contributed by atoms with van der Waals surface area (Å²) in [5, 5.41) is 5.75. The third-order valence-electron chi connectivity index (χ3n) is 3.73. The fourth-order valence-corrected chi connectivity index (χ4v) is 2.25. The Hall–Kier alpha value is -1.73. The van der Waals surface area contributed by atoms with Gasteiger partial charge in [-0.2, -0.15) is 0 Å². The van der Waals surface area contributed by atoms with E-state index in [4.69, 9.17) is 0 Å². The van der Waals surface area contributed by atoms with Gasteiger partial charge in [-0.25, -0.2) is 0 Å². The average molecular weight is 367 g/mol. The van der Waals surface area contributed by atoms with Crippen molar-refractivity contribution in [3.8, 4) is 0 Å². The molecular formula is C19H38N6O. The number of nitrogens with one attached hydrogen (secondary N) is 2. The molecule has 0 unspecified atom stereocenters. The van der Waals surface area contributed by atoms with Crippen molar-refractivity contribution >= 4 is 18.6 Å². The molecule has 0 aromatic rings. The third kappa shape index (κ3) is 17.1. The number of carbonyl (C=O) groups excluding carboxylic acids is 1. The Balaban J connectivity index is 3.62. The standard InChI is InChI=1S/C19H38N6O/c1-5-7-8-14-25(6-2)15-10-12-23-19(26)16-21-18-22-17-20-11-9-13-24(3)4/h5,7,17-18H,6,8-16H2,1-4H3,(H,23,26)(H,20,21,22)/b7-5-. The van der Waals surface area contributed by atoms with Gasteiger partial charge in [0.05, 0.1) is 12.7 Å². The first-order valence-corrected chi connectivity index (χ1v) is 9.57. The van der Waals surface area contributed by atoms with Gasteiger partial charge in [-0.05, 0) is 59.9 Å². The molecule has 0 saturated heterocycles. The highest BCUT2D eigenvalue weighted by Crippen LogP contribution is 1.94.